The molecule has 9 nitrogen and oxygen atoms in total. The number of nitrogens with zero attached hydrogens (tertiary/aromatic N) is 3. The maximum Gasteiger partial charge on any atom is 0.355 e. The van der Waals surface area contributed by atoms with E-state index in [0.717, 1.165) is 10.9 Å². The third kappa shape index (κ3) is 2.60. The lowest BCUT2D eigenvalue weighted by molar-refractivity contribution is 0.0689. The predicted octanol–water partition coefficient (Wildman–Crippen LogP) is 4.34. The molecule has 0 saturated heterocycles. The maximum absolute atomic E-state index is 12.5. The first-order valence-electron chi connectivity index (χ1n) is 9.46. The second-order valence-electron chi connectivity index (χ2n) is 6.98. The summed E-state index contributed by atoms with van der Waals surface area (Å²) in [7, 11) is 0. The van der Waals surface area contributed by atoms with E-state index in [1.807, 2.05) is 24.3 Å². The van der Waals surface area contributed by atoms with E-state index in [1.165, 1.54) is 0 Å². The summed E-state index contributed by atoms with van der Waals surface area (Å²) in [6, 6.07) is 18.2. The van der Waals surface area contributed by atoms with E-state index in [0.29, 0.717) is 39.6 Å². The minimum atomic E-state index is -1.08. The number of carboxylic acid groups (broad SMARTS) is 1. The third-order valence-corrected chi connectivity index (χ3v) is 5.24. The number of para-hydroxylation sites is 1. The fourth-order valence-corrected chi connectivity index (χ4v) is 3.90. The van der Waals surface area contributed by atoms with Gasteiger partial charge in [0.25, 0.3) is 0 Å². The number of aromatic nitrogens is 3. The zero-order valence-electron chi connectivity index (χ0n) is 15.9. The van der Waals surface area contributed by atoms with Gasteiger partial charge in [-0.05, 0) is 40.6 Å². The third-order valence-electron chi connectivity index (χ3n) is 5.24. The predicted molar refractivity (Wildman–Crippen MR) is 111 cm³/mol. The summed E-state index contributed by atoms with van der Waals surface area (Å²) in [4.78, 5) is 12.5. The first-order valence-corrected chi connectivity index (χ1v) is 9.46. The van der Waals surface area contributed by atoms with E-state index in [2.05, 4.69) is 15.6 Å². The number of hydrogen-bond donors (Lipinski definition) is 2. The molecule has 152 valence electrons. The molecule has 0 bridgehead atoms. The van der Waals surface area contributed by atoms with Gasteiger partial charge in [-0.2, -0.15) is 0 Å². The lowest BCUT2D eigenvalue weighted by atomic mass is 10.2. The van der Waals surface area contributed by atoms with Gasteiger partial charge >= 0.3 is 5.97 Å². The van der Waals surface area contributed by atoms with Gasteiger partial charge in [-0.15, -0.1) is 0 Å². The number of rotatable bonds is 4. The normalized spacial score (nSPS) is 12.5. The summed E-state index contributed by atoms with van der Waals surface area (Å²) in [6.45, 7) is 0.138. The zero-order chi connectivity index (χ0) is 20.9. The molecule has 5 aromatic rings. The van der Waals surface area contributed by atoms with Crippen LogP contribution in [0.15, 0.2) is 65.3 Å². The van der Waals surface area contributed by atoms with Crippen molar-refractivity contribution in [2.75, 3.05) is 12.1 Å². The molecule has 1 aliphatic rings. The molecule has 2 aromatic heterocycles. The Labute approximate surface area is 174 Å². The molecular formula is C22H14N4O5. The van der Waals surface area contributed by atoms with Gasteiger partial charge in [-0.3, -0.25) is 0 Å². The Balaban J connectivity index is 1.61. The fourth-order valence-electron chi connectivity index (χ4n) is 3.90. The van der Waals surface area contributed by atoms with Crippen molar-refractivity contribution >= 4 is 39.3 Å². The first-order chi connectivity index (χ1) is 15.2. The number of hydrogen-bond acceptors (Lipinski definition) is 7. The molecule has 9 heteroatoms. The molecule has 0 spiro atoms. The van der Waals surface area contributed by atoms with E-state index < -0.39 is 5.97 Å². The number of nitrogens with one attached hydrogen (secondary N) is 1. The standard InChI is InChI=1S/C22H14N4O5/c27-22(28)21-19(23-14-5-3-6-15-20(14)25-31-24-15)13-4-1-2-7-16(13)26(21)12-8-9-17-18(10-12)30-11-29-17/h1-10,23H,11H2,(H,27,28). The van der Waals surface area contributed by atoms with Crippen LogP contribution in [0.4, 0.5) is 11.4 Å². The second-order valence-corrected chi connectivity index (χ2v) is 6.98. The number of anilines is 2. The zero-order valence-corrected chi connectivity index (χ0v) is 15.9. The van der Waals surface area contributed by atoms with Gasteiger partial charge in [0.1, 0.15) is 5.52 Å². The van der Waals surface area contributed by atoms with Crippen LogP contribution < -0.4 is 14.8 Å². The van der Waals surface area contributed by atoms with Crippen molar-refractivity contribution < 1.29 is 24.0 Å². The highest BCUT2D eigenvalue weighted by Crippen LogP contribution is 2.40. The van der Waals surface area contributed by atoms with Gasteiger partial charge in [-0.25, -0.2) is 9.42 Å². The Morgan fingerprint density at radius 3 is 2.77 bits per heavy atom. The summed E-state index contributed by atoms with van der Waals surface area (Å²) in [5.74, 6) is 0.113. The number of fused-ring (bicyclic) bond motifs is 3. The molecule has 0 fully saturated rings. The molecule has 0 atom stereocenters. The molecule has 2 N–H and O–H groups in total. The highest BCUT2D eigenvalue weighted by Gasteiger charge is 2.25. The van der Waals surface area contributed by atoms with Crippen LogP contribution in [-0.2, 0) is 0 Å². The van der Waals surface area contributed by atoms with E-state index in [1.54, 1.807) is 41.0 Å². The number of carbonyl (C=O) groups is 1. The van der Waals surface area contributed by atoms with E-state index in [9.17, 15) is 9.90 Å². The number of benzene rings is 3. The number of ether oxygens (including phenoxy) is 2. The van der Waals surface area contributed by atoms with Crippen molar-refractivity contribution in [3.63, 3.8) is 0 Å². The van der Waals surface area contributed by atoms with Crippen LogP contribution >= 0.6 is 0 Å². The Kier molecular flexibility index (Phi) is 3.63. The first kappa shape index (κ1) is 17.3. The van der Waals surface area contributed by atoms with E-state index in [-0.39, 0.29) is 12.5 Å². The quantitative estimate of drug-likeness (QED) is 0.447. The van der Waals surface area contributed by atoms with Gasteiger partial charge in [0, 0.05) is 11.5 Å². The molecule has 3 aromatic carbocycles. The highest BCUT2D eigenvalue weighted by atomic mass is 16.7. The molecule has 0 radical (unpaired) electrons. The number of carboxylic acids is 1. The monoisotopic (exact) mass is 414 g/mol. The Morgan fingerprint density at radius 1 is 1.00 bits per heavy atom. The van der Waals surface area contributed by atoms with Gasteiger partial charge in [0.2, 0.25) is 6.79 Å². The highest BCUT2D eigenvalue weighted by molar-refractivity contribution is 6.09. The molecule has 0 saturated carbocycles. The van der Waals surface area contributed by atoms with Crippen LogP contribution in [0.25, 0.3) is 27.6 Å². The van der Waals surface area contributed by atoms with Gasteiger partial charge < -0.3 is 24.5 Å². The van der Waals surface area contributed by atoms with E-state index >= 15 is 0 Å². The molecule has 0 aliphatic carbocycles. The average Bonchev–Trinajstić information content (AvgIpc) is 3.51. The summed E-state index contributed by atoms with van der Waals surface area (Å²) < 4.78 is 17.4. The molecular weight excluding hydrogens is 400 g/mol. The van der Waals surface area contributed by atoms with Crippen molar-refractivity contribution in [3.05, 3.63) is 66.4 Å². The lowest BCUT2D eigenvalue weighted by Crippen LogP contribution is -2.09. The summed E-state index contributed by atoms with van der Waals surface area (Å²) in [6.07, 6.45) is 0. The minimum Gasteiger partial charge on any atom is -0.476 e. The molecule has 31 heavy (non-hydrogen) atoms. The Hall–Kier alpha value is -4.53. The maximum atomic E-state index is 12.5. The summed E-state index contributed by atoms with van der Waals surface area (Å²) in [5.41, 5.74) is 3.57. The largest absolute Gasteiger partial charge is 0.476 e. The van der Waals surface area contributed by atoms with Gasteiger partial charge in [-0.1, -0.05) is 24.3 Å². The topological polar surface area (TPSA) is 112 Å². The van der Waals surface area contributed by atoms with Gasteiger partial charge in [0.05, 0.1) is 22.6 Å². The van der Waals surface area contributed by atoms with Gasteiger partial charge in [0.15, 0.2) is 22.7 Å². The van der Waals surface area contributed by atoms with Crippen LogP contribution in [-0.4, -0.2) is 32.7 Å². The molecule has 0 unspecified atom stereocenters. The van der Waals surface area contributed by atoms with Crippen LogP contribution in [0.3, 0.4) is 0 Å². The van der Waals surface area contributed by atoms with Crippen molar-refractivity contribution in [1.82, 2.24) is 14.9 Å². The Morgan fingerprint density at radius 2 is 1.87 bits per heavy atom. The Bertz CT molecular complexity index is 1490. The van der Waals surface area contributed by atoms with Crippen molar-refractivity contribution in [2.24, 2.45) is 0 Å². The minimum absolute atomic E-state index is 0.0773. The molecule has 6 rings (SSSR count). The van der Waals surface area contributed by atoms with Crippen molar-refractivity contribution in [3.8, 4) is 17.2 Å². The summed E-state index contributed by atoms with van der Waals surface area (Å²) in [5, 5.41) is 22.0. The average molecular weight is 414 g/mol. The molecule has 1 aliphatic heterocycles. The summed E-state index contributed by atoms with van der Waals surface area (Å²) >= 11 is 0. The SMILES string of the molecule is O=C(O)c1c(Nc2cccc3nonc23)c2ccccc2n1-c1ccc2c(c1)OCO2. The second kappa shape index (κ2) is 6.49. The van der Waals surface area contributed by atoms with Crippen LogP contribution in [0.5, 0.6) is 11.5 Å². The fraction of sp³-hybridized carbons (Fsp3) is 0.0455. The lowest BCUT2D eigenvalue weighted by Gasteiger charge is -2.11. The molecule has 0 amide bonds. The van der Waals surface area contributed by atoms with Crippen LogP contribution in [0.1, 0.15) is 10.5 Å². The molecule has 3 heterocycles. The number of aromatic carboxylic acids is 1. The van der Waals surface area contributed by atoms with Crippen molar-refractivity contribution in [1.29, 1.82) is 0 Å². The smallest absolute Gasteiger partial charge is 0.355 e. The van der Waals surface area contributed by atoms with Crippen molar-refractivity contribution in [2.45, 2.75) is 0 Å². The van der Waals surface area contributed by atoms with E-state index in [4.69, 9.17) is 14.1 Å². The van der Waals surface area contributed by atoms with Crippen LogP contribution in [0.2, 0.25) is 0 Å². The van der Waals surface area contributed by atoms with Crippen LogP contribution in [0, 0.1) is 0 Å².